The van der Waals surface area contributed by atoms with Gasteiger partial charge >= 0.3 is 5.97 Å². The van der Waals surface area contributed by atoms with Gasteiger partial charge in [-0.15, -0.1) is 0 Å². The van der Waals surface area contributed by atoms with Crippen LogP contribution in [0.25, 0.3) is 0 Å². The molecule has 0 fully saturated rings. The Labute approximate surface area is 121 Å². The molecule has 0 bridgehead atoms. The molecule has 20 heavy (non-hydrogen) atoms. The second kappa shape index (κ2) is 9.59. The fourth-order valence-electron chi connectivity index (χ4n) is 2.36. The van der Waals surface area contributed by atoms with E-state index >= 15 is 0 Å². The number of carbonyl (C=O) groups is 1. The number of hydrogen-bond acceptors (Lipinski definition) is 2. The minimum Gasteiger partial charge on any atom is -0.477 e. The zero-order valence-electron chi connectivity index (χ0n) is 12.7. The number of aromatic carboxylic acids is 1. The standard InChI is InChI=1S/C16H27NO3/c1-3-4-5-6-9-14-12-15(16(18)19)17(13-14)10-7-8-11-20-2/h12-13H,3-11H2,1-2H3,(H,18,19). The SMILES string of the molecule is CCCCCCc1cc(C(=O)O)n(CCCCOC)c1. The van der Waals surface area contributed by atoms with Gasteiger partial charge in [0.1, 0.15) is 5.69 Å². The Bertz CT molecular complexity index is 398. The Kier molecular flexibility index (Phi) is 8.04. The fourth-order valence-corrected chi connectivity index (χ4v) is 2.36. The summed E-state index contributed by atoms with van der Waals surface area (Å²) in [6.45, 7) is 3.67. The van der Waals surface area contributed by atoms with E-state index in [-0.39, 0.29) is 0 Å². The van der Waals surface area contributed by atoms with E-state index in [0.29, 0.717) is 5.69 Å². The highest BCUT2D eigenvalue weighted by Gasteiger charge is 2.12. The molecule has 0 saturated carbocycles. The van der Waals surface area contributed by atoms with Crippen molar-refractivity contribution in [1.82, 2.24) is 4.57 Å². The Balaban J connectivity index is 2.53. The minimum atomic E-state index is -0.837. The summed E-state index contributed by atoms with van der Waals surface area (Å²) in [7, 11) is 1.69. The fraction of sp³-hybridized carbons (Fsp3) is 0.688. The molecule has 0 atom stereocenters. The molecule has 114 valence electrons. The molecule has 0 aliphatic rings. The van der Waals surface area contributed by atoms with Crippen LogP contribution in [0.4, 0.5) is 0 Å². The summed E-state index contributed by atoms with van der Waals surface area (Å²) in [4.78, 5) is 11.3. The van der Waals surface area contributed by atoms with Gasteiger partial charge in [0, 0.05) is 26.5 Å². The van der Waals surface area contributed by atoms with Crippen LogP contribution >= 0.6 is 0 Å². The number of carboxylic acid groups (broad SMARTS) is 1. The molecule has 4 heteroatoms. The predicted octanol–water partition coefficient (Wildman–Crippen LogP) is 3.74. The highest BCUT2D eigenvalue weighted by atomic mass is 16.5. The van der Waals surface area contributed by atoms with Gasteiger partial charge in [0.15, 0.2) is 0 Å². The number of aromatic nitrogens is 1. The lowest BCUT2D eigenvalue weighted by atomic mass is 10.1. The third-order valence-corrected chi connectivity index (χ3v) is 3.49. The van der Waals surface area contributed by atoms with Crippen LogP contribution in [0.2, 0.25) is 0 Å². The van der Waals surface area contributed by atoms with E-state index in [9.17, 15) is 9.90 Å². The molecule has 0 spiro atoms. The molecule has 0 aliphatic carbocycles. The molecule has 4 nitrogen and oxygen atoms in total. The molecule has 0 radical (unpaired) electrons. The van der Waals surface area contributed by atoms with Crippen molar-refractivity contribution in [1.29, 1.82) is 0 Å². The van der Waals surface area contributed by atoms with Crippen molar-refractivity contribution in [2.45, 2.75) is 58.4 Å². The van der Waals surface area contributed by atoms with E-state index in [2.05, 4.69) is 6.92 Å². The van der Waals surface area contributed by atoms with Crippen LogP contribution in [0.15, 0.2) is 12.3 Å². The van der Waals surface area contributed by atoms with E-state index in [1.165, 1.54) is 19.3 Å². The van der Waals surface area contributed by atoms with E-state index in [1.807, 2.05) is 16.8 Å². The lowest BCUT2D eigenvalue weighted by molar-refractivity contribution is 0.0684. The van der Waals surface area contributed by atoms with Gasteiger partial charge in [-0.1, -0.05) is 26.2 Å². The summed E-state index contributed by atoms with van der Waals surface area (Å²) in [5.41, 5.74) is 1.55. The number of methoxy groups -OCH3 is 1. The van der Waals surface area contributed by atoms with E-state index in [4.69, 9.17) is 4.74 Å². The van der Waals surface area contributed by atoms with Crippen molar-refractivity contribution in [2.75, 3.05) is 13.7 Å². The maximum absolute atomic E-state index is 11.3. The van der Waals surface area contributed by atoms with Gasteiger partial charge in [-0.05, 0) is 37.3 Å². The van der Waals surface area contributed by atoms with Gasteiger partial charge in [0.25, 0.3) is 0 Å². The van der Waals surface area contributed by atoms with E-state index in [1.54, 1.807) is 7.11 Å². The van der Waals surface area contributed by atoms with Crippen molar-refractivity contribution in [3.8, 4) is 0 Å². The summed E-state index contributed by atoms with van der Waals surface area (Å²) < 4.78 is 6.88. The Morgan fingerprint density at radius 2 is 2.05 bits per heavy atom. The Morgan fingerprint density at radius 1 is 1.25 bits per heavy atom. The molecular formula is C16H27NO3. The third kappa shape index (κ3) is 5.78. The van der Waals surface area contributed by atoms with E-state index < -0.39 is 5.97 Å². The van der Waals surface area contributed by atoms with Crippen molar-refractivity contribution in [2.24, 2.45) is 0 Å². The highest BCUT2D eigenvalue weighted by Crippen LogP contribution is 2.14. The number of rotatable bonds is 11. The van der Waals surface area contributed by atoms with Crippen LogP contribution in [0.5, 0.6) is 0 Å². The summed E-state index contributed by atoms with van der Waals surface area (Å²) in [6, 6.07) is 1.82. The highest BCUT2D eigenvalue weighted by molar-refractivity contribution is 5.86. The molecule has 0 saturated heterocycles. The first kappa shape index (κ1) is 16.8. The number of aryl methyl sites for hydroxylation is 2. The smallest absolute Gasteiger partial charge is 0.352 e. The summed E-state index contributed by atoms with van der Waals surface area (Å²) >= 11 is 0. The number of unbranched alkanes of at least 4 members (excludes halogenated alkanes) is 4. The van der Waals surface area contributed by atoms with Crippen molar-refractivity contribution in [3.63, 3.8) is 0 Å². The second-order valence-corrected chi connectivity index (χ2v) is 5.24. The molecule has 0 aliphatic heterocycles. The van der Waals surface area contributed by atoms with Crippen molar-refractivity contribution >= 4 is 5.97 Å². The van der Waals surface area contributed by atoms with Crippen molar-refractivity contribution < 1.29 is 14.6 Å². The molecule has 1 rings (SSSR count). The molecule has 1 aromatic heterocycles. The van der Waals surface area contributed by atoms with Crippen LogP contribution in [-0.2, 0) is 17.7 Å². The molecule has 0 amide bonds. The first-order chi connectivity index (χ1) is 9.69. The molecule has 0 unspecified atom stereocenters. The lowest BCUT2D eigenvalue weighted by Crippen LogP contribution is -2.08. The first-order valence-corrected chi connectivity index (χ1v) is 7.60. The lowest BCUT2D eigenvalue weighted by Gasteiger charge is -2.05. The maximum atomic E-state index is 11.3. The maximum Gasteiger partial charge on any atom is 0.352 e. The van der Waals surface area contributed by atoms with Gasteiger partial charge in [-0.2, -0.15) is 0 Å². The van der Waals surface area contributed by atoms with Crippen LogP contribution in [0.1, 0.15) is 61.5 Å². The van der Waals surface area contributed by atoms with Gasteiger partial charge in [0.05, 0.1) is 0 Å². The Hall–Kier alpha value is -1.29. The van der Waals surface area contributed by atoms with Gasteiger partial charge < -0.3 is 14.4 Å². The normalized spacial score (nSPS) is 10.9. The monoisotopic (exact) mass is 281 g/mol. The summed E-state index contributed by atoms with van der Waals surface area (Å²) in [5.74, 6) is -0.837. The average Bonchev–Trinajstić information content (AvgIpc) is 2.83. The average molecular weight is 281 g/mol. The quantitative estimate of drug-likeness (QED) is 0.629. The predicted molar refractivity (Wildman–Crippen MR) is 80.3 cm³/mol. The van der Waals surface area contributed by atoms with Crippen molar-refractivity contribution in [3.05, 3.63) is 23.5 Å². The van der Waals surface area contributed by atoms with Crippen LogP contribution < -0.4 is 0 Å². The number of hydrogen-bond donors (Lipinski definition) is 1. The first-order valence-electron chi connectivity index (χ1n) is 7.60. The second-order valence-electron chi connectivity index (χ2n) is 5.24. The largest absolute Gasteiger partial charge is 0.477 e. The van der Waals surface area contributed by atoms with Gasteiger partial charge in [0.2, 0.25) is 0 Å². The third-order valence-electron chi connectivity index (χ3n) is 3.49. The molecular weight excluding hydrogens is 254 g/mol. The summed E-state index contributed by atoms with van der Waals surface area (Å²) in [6.07, 6.45) is 9.72. The number of ether oxygens (including phenoxy) is 1. The topological polar surface area (TPSA) is 51.5 Å². The van der Waals surface area contributed by atoms with Crippen LogP contribution in [0.3, 0.4) is 0 Å². The number of nitrogens with zero attached hydrogens (tertiary/aromatic N) is 1. The van der Waals surface area contributed by atoms with Crippen LogP contribution in [-0.4, -0.2) is 29.4 Å². The van der Waals surface area contributed by atoms with Crippen LogP contribution in [0, 0.1) is 0 Å². The minimum absolute atomic E-state index is 0.410. The van der Waals surface area contributed by atoms with E-state index in [0.717, 1.165) is 44.4 Å². The molecule has 1 aromatic rings. The Morgan fingerprint density at radius 3 is 2.70 bits per heavy atom. The van der Waals surface area contributed by atoms with Gasteiger partial charge in [-0.3, -0.25) is 0 Å². The molecule has 1 heterocycles. The van der Waals surface area contributed by atoms with Gasteiger partial charge in [-0.25, -0.2) is 4.79 Å². The zero-order chi connectivity index (χ0) is 14.8. The summed E-state index contributed by atoms with van der Waals surface area (Å²) in [5, 5.41) is 9.25. The number of carboxylic acids is 1. The molecule has 0 aromatic carbocycles. The zero-order valence-corrected chi connectivity index (χ0v) is 12.7. The molecule has 1 N–H and O–H groups in total.